The summed E-state index contributed by atoms with van der Waals surface area (Å²) in [6.07, 6.45) is 0.416. The zero-order valence-corrected chi connectivity index (χ0v) is 21.2. The van der Waals surface area contributed by atoms with Crippen LogP contribution in [0.1, 0.15) is 38.3 Å². The monoisotopic (exact) mass is 508 g/mol. The number of thiophene rings is 1. The van der Waals surface area contributed by atoms with Crippen LogP contribution >= 0.6 is 11.3 Å². The van der Waals surface area contributed by atoms with Gasteiger partial charge in [-0.3, -0.25) is 0 Å². The first kappa shape index (κ1) is 25.4. The van der Waals surface area contributed by atoms with Gasteiger partial charge in [-0.1, -0.05) is 36.4 Å². The third-order valence-electron chi connectivity index (χ3n) is 5.21. The van der Waals surface area contributed by atoms with Crippen molar-refractivity contribution in [3.8, 4) is 27.7 Å². The summed E-state index contributed by atoms with van der Waals surface area (Å²) < 4.78 is 45.4. The van der Waals surface area contributed by atoms with Crippen molar-refractivity contribution in [1.29, 1.82) is 0 Å². The zero-order valence-electron chi connectivity index (χ0n) is 20.4. The largest absolute Gasteiger partial charge is 0.497 e. The number of esters is 1. The maximum atomic E-state index is 13.8. The van der Waals surface area contributed by atoms with Gasteiger partial charge in [0.1, 0.15) is 17.1 Å². The molecule has 0 atom stereocenters. The molecule has 0 aliphatic carbocycles. The summed E-state index contributed by atoms with van der Waals surface area (Å²) in [6, 6.07) is 19.2. The molecular weight excluding hydrogens is 482 g/mol. The van der Waals surface area contributed by atoms with Gasteiger partial charge in [0.25, 0.3) is 6.43 Å². The van der Waals surface area contributed by atoms with E-state index in [-0.39, 0.29) is 5.56 Å². The summed E-state index contributed by atoms with van der Waals surface area (Å²) in [5, 5.41) is 0.800. The fourth-order valence-electron chi connectivity index (χ4n) is 3.62. The average Bonchev–Trinajstić information content (AvgIpc) is 3.19. The number of halogens is 2. The van der Waals surface area contributed by atoms with Crippen LogP contribution in [0.5, 0.6) is 17.2 Å². The molecule has 0 amide bonds. The van der Waals surface area contributed by atoms with E-state index in [1.807, 2.05) is 39.0 Å². The molecule has 7 heteroatoms. The quantitative estimate of drug-likeness (QED) is 0.185. The Bertz CT molecular complexity index is 1400. The normalized spacial score (nSPS) is 11.9. The third kappa shape index (κ3) is 5.91. The number of ether oxygens (including phenoxy) is 3. The molecule has 4 nitrogen and oxygen atoms in total. The molecule has 186 valence electrons. The van der Waals surface area contributed by atoms with Gasteiger partial charge in [-0.25, -0.2) is 13.6 Å². The van der Waals surface area contributed by atoms with Crippen molar-refractivity contribution in [2.24, 2.45) is 0 Å². The maximum absolute atomic E-state index is 13.8. The number of rotatable bonds is 7. The number of benzene rings is 3. The van der Waals surface area contributed by atoms with E-state index >= 15 is 0 Å². The summed E-state index contributed by atoms with van der Waals surface area (Å²) in [5.41, 5.74) is 0.604. The van der Waals surface area contributed by atoms with Gasteiger partial charge in [0, 0.05) is 27.3 Å². The van der Waals surface area contributed by atoms with E-state index in [9.17, 15) is 13.6 Å². The summed E-state index contributed by atoms with van der Waals surface area (Å²) in [5.74, 6) is 1.29. The van der Waals surface area contributed by atoms with Crippen LogP contribution in [0.4, 0.5) is 8.78 Å². The minimum atomic E-state index is -2.62. The third-order valence-corrected chi connectivity index (χ3v) is 6.38. The Morgan fingerprint density at radius 1 is 0.972 bits per heavy atom. The van der Waals surface area contributed by atoms with Crippen LogP contribution in [-0.4, -0.2) is 18.7 Å². The predicted octanol–water partition coefficient (Wildman–Crippen LogP) is 8.66. The molecule has 0 bridgehead atoms. The topological polar surface area (TPSA) is 44.8 Å². The highest BCUT2D eigenvalue weighted by molar-refractivity contribution is 7.22. The van der Waals surface area contributed by atoms with Crippen LogP contribution < -0.4 is 9.47 Å². The molecule has 0 unspecified atom stereocenters. The summed E-state index contributed by atoms with van der Waals surface area (Å²) in [7, 11) is 1.58. The van der Waals surface area contributed by atoms with Crippen LogP contribution in [0, 0.1) is 0 Å². The lowest BCUT2D eigenvalue weighted by molar-refractivity contribution is -0.148. The van der Waals surface area contributed by atoms with Crippen molar-refractivity contribution in [2.75, 3.05) is 7.11 Å². The number of alkyl halides is 2. The molecule has 0 aliphatic rings. The molecule has 3 aromatic carbocycles. The second kappa shape index (κ2) is 10.5. The number of hydrogen-bond donors (Lipinski definition) is 0. The lowest BCUT2D eigenvalue weighted by Gasteiger charge is -2.17. The van der Waals surface area contributed by atoms with Crippen LogP contribution in [0.25, 0.3) is 26.6 Å². The standard InChI is InChI=1S/C29H26F2O4S/c1-29(2,3)35-25(32)16-11-18-9-12-19(13-10-18)34-26-23-15-14-20(33-4)17-24(23)36-27(26)21-7-5-6-8-22(21)28(30)31/h5-17,28H,1-4H3/b16-11+. The van der Waals surface area contributed by atoms with Crippen molar-refractivity contribution >= 4 is 33.5 Å². The molecule has 0 spiro atoms. The summed E-state index contributed by atoms with van der Waals surface area (Å²) in [6.45, 7) is 5.43. The van der Waals surface area contributed by atoms with Gasteiger partial charge in [-0.2, -0.15) is 0 Å². The first-order valence-corrected chi connectivity index (χ1v) is 12.1. The molecule has 36 heavy (non-hydrogen) atoms. The number of fused-ring (bicyclic) bond motifs is 1. The average molecular weight is 509 g/mol. The minimum absolute atomic E-state index is 0.0523. The van der Waals surface area contributed by atoms with E-state index in [4.69, 9.17) is 14.2 Å². The van der Waals surface area contributed by atoms with Crippen LogP contribution in [0.3, 0.4) is 0 Å². The molecule has 4 aromatic rings. The van der Waals surface area contributed by atoms with Crippen LogP contribution in [0.15, 0.2) is 72.8 Å². The molecule has 0 fully saturated rings. The van der Waals surface area contributed by atoms with E-state index in [2.05, 4.69) is 0 Å². The van der Waals surface area contributed by atoms with Crippen molar-refractivity contribution in [3.63, 3.8) is 0 Å². The number of carbonyl (C=O) groups is 1. The molecule has 4 rings (SSSR count). The molecule has 0 aliphatic heterocycles. The van der Waals surface area contributed by atoms with Gasteiger partial charge in [0.15, 0.2) is 5.75 Å². The summed E-state index contributed by atoms with van der Waals surface area (Å²) in [4.78, 5) is 12.5. The first-order chi connectivity index (χ1) is 17.1. The summed E-state index contributed by atoms with van der Waals surface area (Å²) >= 11 is 1.38. The number of hydrogen-bond acceptors (Lipinski definition) is 5. The number of carbonyl (C=O) groups excluding carboxylic acids is 1. The van der Waals surface area contributed by atoms with Gasteiger partial charge >= 0.3 is 5.97 Å². The van der Waals surface area contributed by atoms with Gasteiger partial charge in [0.05, 0.1) is 12.0 Å². The Morgan fingerprint density at radius 3 is 2.33 bits per heavy atom. The van der Waals surface area contributed by atoms with Gasteiger partial charge < -0.3 is 14.2 Å². The van der Waals surface area contributed by atoms with E-state index < -0.39 is 18.0 Å². The smallest absolute Gasteiger partial charge is 0.331 e. The molecule has 1 aromatic heterocycles. The van der Waals surface area contributed by atoms with E-state index in [1.165, 1.54) is 23.5 Å². The molecule has 1 heterocycles. The van der Waals surface area contributed by atoms with Crippen molar-refractivity contribution in [2.45, 2.75) is 32.8 Å². The Balaban J connectivity index is 1.68. The highest BCUT2D eigenvalue weighted by atomic mass is 32.1. The highest BCUT2D eigenvalue weighted by Gasteiger charge is 2.22. The second-order valence-electron chi connectivity index (χ2n) is 9.05. The Morgan fingerprint density at radius 2 is 1.67 bits per heavy atom. The van der Waals surface area contributed by atoms with Crippen molar-refractivity contribution in [3.05, 3.63) is 83.9 Å². The maximum Gasteiger partial charge on any atom is 0.331 e. The molecular formula is C29H26F2O4S. The molecule has 0 N–H and O–H groups in total. The SMILES string of the molecule is COc1ccc2c(Oc3ccc(/C=C/C(=O)OC(C)(C)C)cc3)c(-c3ccccc3C(F)F)sc2c1. The highest BCUT2D eigenvalue weighted by Crippen LogP contribution is 2.49. The van der Waals surface area contributed by atoms with E-state index in [0.29, 0.717) is 27.7 Å². The Labute approximate surface area is 212 Å². The van der Waals surface area contributed by atoms with Crippen LogP contribution in [-0.2, 0) is 9.53 Å². The van der Waals surface area contributed by atoms with Gasteiger partial charge in [-0.05, 0) is 62.7 Å². The molecule has 0 saturated heterocycles. The van der Waals surface area contributed by atoms with Gasteiger partial charge in [-0.15, -0.1) is 11.3 Å². The van der Waals surface area contributed by atoms with E-state index in [1.54, 1.807) is 55.7 Å². The fraction of sp³-hybridized carbons (Fsp3) is 0.207. The lowest BCUT2D eigenvalue weighted by Crippen LogP contribution is -2.22. The van der Waals surface area contributed by atoms with Crippen LogP contribution in [0.2, 0.25) is 0 Å². The predicted molar refractivity (Wildman–Crippen MR) is 140 cm³/mol. The fourth-order valence-corrected chi connectivity index (χ4v) is 4.82. The lowest BCUT2D eigenvalue weighted by atomic mass is 10.0. The zero-order chi connectivity index (χ0) is 25.9. The molecule has 0 saturated carbocycles. The van der Waals surface area contributed by atoms with E-state index in [0.717, 1.165) is 15.6 Å². The van der Waals surface area contributed by atoms with Crippen molar-refractivity contribution in [1.82, 2.24) is 0 Å². The first-order valence-electron chi connectivity index (χ1n) is 11.3. The minimum Gasteiger partial charge on any atom is -0.497 e. The Hall–Kier alpha value is -3.71. The second-order valence-corrected chi connectivity index (χ2v) is 10.1. The van der Waals surface area contributed by atoms with Crippen molar-refractivity contribution < 1.29 is 27.8 Å². The molecule has 0 radical (unpaired) electrons. The number of methoxy groups -OCH3 is 1. The van der Waals surface area contributed by atoms with Gasteiger partial charge in [0.2, 0.25) is 0 Å². The Kier molecular flexibility index (Phi) is 7.40.